The van der Waals surface area contributed by atoms with Gasteiger partial charge in [0.05, 0.1) is 6.04 Å². The van der Waals surface area contributed by atoms with E-state index in [1.54, 1.807) is 6.20 Å². The molecule has 24 heavy (non-hydrogen) atoms. The Morgan fingerprint density at radius 3 is 2.92 bits per heavy atom. The summed E-state index contributed by atoms with van der Waals surface area (Å²) in [5.74, 6) is 2.53. The minimum Gasteiger partial charge on any atom is -0.486 e. The first-order chi connectivity index (χ1) is 11.7. The summed E-state index contributed by atoms with van der Waals surface area (Å²) in [7, 11) is 0. The van der Waals surface area contributed by atoms with Gasteiger partial charge in [-0.15, -0.1) is 0 Å². The van der Waals surface area contributed by atoms with Gasteiger partial charge in [-0.3, -0.25) is 4.79 Å². The van der Waals surface area contributed by atoms with E-state index in [1.165, 1.54) is 0 Å². The van der Waals surface area contributed by atoms with Crippen molar-refractivity contribution in [2.24, 2.45) is 0 Å². The van der Waals surface area contributed by atoms with Gasteiger partial charge in [0, 0.05) is 31.8 Å². The number of fused-ring (bicyclic) bond motifs is 1. The highest BCUT2D eigenvalue weighted by Crippen LogP contribution is 2.32. The number of ether oxygens (including phenoxy) is 2. The topological polar surface area (TPSA) is 65.4 Å². The van der Waals surface area contributed by atoms with E-state index in [4.69, 9.17) is 9.47 Å². The molecule has 1 atom stereocenters. The summed E-state index contributed by atoms with van der Waals surface area (Å²) in [4.78, 5) is 16.5. The Morgan fingerprint density at radius 2 is 2.12 bits per heavy atom. The van der Waals surface area contributed by atoms with Gasteiger partial charge in [0.1, 0.15) is 19.0 Å². The highest BCUT2D eigenvalue weighted by atomic mass is 16.6. The molecule has 0 unspecified atom stereocenters. The minimum absolute atomic E-state index is 0.0214. The molecule has 2 heterocycles. The van der Waals surface area contributed by atoms with E-state index in [2.05, 4.69) is 17.2 Å². The number of nitrogens with one attached hydrogen (secondary N) is 1. The first kappa shape index (κ1) is 16.4. The molecule has 0 fully saturated rings. The Bertz CT molecular complexity index is 711. The predicted molar refractivity (Wildman–Crippen MR) is 90.2 cm³/mol. The van der Waals surface area contributed by atoms with Crippen LogP contribution in [0.2, 0.25) is 0 Å². The number of benzene rings is 1. The Morgan fingerprint density at radius 1 is 1.33 bits per heavy atom. The number of aromatic nitrogens is 2. The molecule has 2 aromatic rings. The number of nitrogens with zero attached hydrogens (tertiary/aromatic N) is 2. The third-order valence-electron chi connectivity index (χ3n) is 4.14. The van der Waals surface area contributed by atoms with Crippen LogP contribution in [0.15, 0.2) is 30.6 Å². The van der Waals surface area contributed by atoms with Crippen LogP contribution < -0.4 is 14.8 Å². The lowest BCUT2D eigenvalue weighted by molar-refractivity contribution is -0.121. The van der Waals surface area contributed by atoms with Crippen LogP contribution >= 0.6 is 0 Å². The zero-order valence-electron chi connectivity index (χ0n) is 14.1. The van der Waals surface area contributed by atoms with Crippen molar-refractivity contribution in [2.45, 2.75) is 39.3 Å². The Kier molecular flexibility index (Phi) is 5.03. The van der Waals surface area contributed by atoms with Crippen LogP contribution in [-0.2, 0) is 17.8 Å². The van der Waals surface area contributed by atoms with Crippen LogP contribution in [0.4, 0.5) is 0 Å². The van der Waals surface area contributed by atoms with E-state index in [-0.39, 0.29) is 11.9 Å². The Balaban J connectivity index is 1.56. The summed E-state index contributed by atoms with van der Waals surface area (Å²) in [5, 5.41) is 3.03. The van der Waals surface area contributed by atoms with Gasteiger partial charge >= 0.3 is 0 Å². The van der Waals surface area contributed by atoms with Crippen molar-refractivity contribution < 1.29 is 14.3 Å². The molecule has 1 N–H and O–H groups in total. The molecular formula is C18H23N3O3. The van der Waals surface area contributed by atoms with Crippen molar-refractivity contribution in [3.05, 3.63) is 42.0 Å². The molecule has 1 aromatic heterocycles. The number of hydrogen-bond acceptors (Lipinski definition) is 4. The van der Waals surface area contributed by atoms with Crippen LogP contribution in [0.3, 0.4) is 0 Å². The van der Waals surface area contributed by atoms with Crippen molar-refractivity contribution in [1.82, 2.24) is 14.9 Å². The summed E-state index contributed by atoms with van der Waals surface area (Å²) in [6, 6.07) is 5.71. The van der Waals surface area contributed by atoms with Gasteiger partial charge in [-0.1, -0.05) is 13.0 Å². The Labute approximate surface area is 141 Å². The zero-order chi connectivity index (χ0) is 16.9. The van der Waals surface area contributed by atoms with Crippen LogP contribution in [0, 0.1) is 0 Å². The molecular weight excluding hydrogens is 306 g/mol. The van der Waals surface area contributed by atoms with E-state index >= 15 is 0 Å². The first-order valence-corrected chi connectivity index (χ1v) is 8.36. The quantitative estimate of drug-likeness (QED) is 0.884. The van der Waals surface area contributed by atoms with Gasteiger partial charge < -0.3 is 19.4 Å². The second-order valence-electron chi connectivity index (χ2n) is 5.83. The summed E-state index contributed by atoms with van der Waals surface area (Å²) >= 11 is 0. The number of hydrogen-bond donors (Lipinski definition) is 1. The summed E-state index contributed by atoms with van der Waals surface area (Å²) in [6.45, 7) is 5.80. The molecule has 0 bridgehead atoms. The van der Waals surface area contributed by atoms with E-state index in [9.17, 15) is 4.79 Å². The minimum atomic E-state index is -0.0817. The van der Waals surface area contributed by atoms with Gasteiger partial charge in [-0.2, -0.15) is 0 Å². The molecule has 1 aliphatic heterocycles. The smallest absolute Gasteiger partial charge is 0.222 e. The van der Waals surface area contributed by atoms with Gasteiger partial charge in [0.2, 0.25) is 5.91 Å². The fourth-order valence-electron chi connectivity index (χ4n) is 2.81. The average Bonchev–Trinajstić information content (AvgIpc) is 3.07. The van der Waals surface area contributed by atoms with Crippen molar-refractivity contribution in [2.75, 3.05) is 13.2 Å². The summed E-state index contributed by atoms with van der Waals surface area (Å²) < 4.78 is 13.1. The zero-order valence-corrected chi connectivity index (χ0v) is 14.1. The van der Waals surface area contributed by atoms with Gasteiger partial charge in [-0.05, 0) is 24.6 Å². The predicted octanol–water partition coefficient (Wildman–Crippen LogP) is 2.48. The molecule has 6 nitrogen and oxygen atoms in total. The molecule has 1 amide bonds. The number of amides is 1. The van der Waals surface area contributed by atoms with Crippen LogP contribution in [-0.4, -0.2) is 28.7 Å². The van der Waals surface area contributed by atoms with E-state index in [1.807, 2.05) is 35.9 Å². The largest absolute Gasteiger partial charge is 0.486 e. The molecule has 0 spiro atoms. The molecule has 0 radical (unpaired) electrons. The lowest BCUT2D eigenvalue weighted by Crippen LogP contribution is -2.27. The number of carbonyl (C=O) groups excluding carboxylic acids is 1. The third-order valence-corrected chi connectivity index (χ3v) is 4.14. The fraction of sp³-hybridized carbons (Fsp3) is 0.444. The Hall–Kier alpha value is -2.50. The molecule has 0 saturated heterocycles. The lowest BCUT2D eigenvalue weighted by Gasteiger charge is -2.21. The fourth-order valence-corrected chi connectivity index (χ4v) is 2.81. The SMILES string of the molecule is CCc1nccn1CCC(=O)N[C@@H](C)c1ccc2c(c1)OCCO2. The summed E-state index contributed by atoms with van der Waals surface area (Å²) in [5.41, 5.74) is 1.00. The van der Waals surface area contributed by atoms with Crippen LogP contribution in [0.25, 0.3) is 0 Å². The molecule has 0 saturated carbocycles. The van der Waals surface area contributed by atoms with Crippen LogP contribution in [0.5, 0.6) is 11.5 Å². The van der Waals surface area contributed by atoms with E-state index in [0.29, 0.717) is 26.2 Å². The highest BCUT2D eigenvalue weighted by molar-refractivity contribution is 5.76. The van der Waals surface area contributed by atoms with Crippen molar-refractivity contribution in [1.29, 1.82) is 0 Å². The number of aryl methyl sites for hydroxylation is 2. The molecule has 1 aliphatic rings. The molecule has 6 heteroatoms. The van der Waals surface area contributed by atoms with Gasteiger partial charge in [-0.25, -0.2) is 4.98 Å². The maximum absolute atomic E-state index is 12.2. The lowest BCUT2D eigenvalue weighted by atomic mass is 10.1. The van der Waals surface area contributed by atoms with E-state index in [0.717, 1.165) is 29.3 Å². The van der Waals surface area contributed by atoms with Gasteiger partial charge in [0.15, 0.2) is 11.5 Å². The molecule has 1 aromatic carbocycles. The summed E-state index contributed by atoms with van der Waals surface area (Å²) in [6.07, 6.45) is 4.98. The number of imidazole rings is 1. The third kappa shape index (κ3) is 3.69. The second kappa shape index (κ2) is 7.38. The molecule has 128 valence electrons. The maximum atomic E-state index is 12.2. The van der Waals surface area contributed by atoms with Crippen molar-refractivity contribution in [3.8, 4) is 11.5 Å². The number of rotatable bonds is 6. The molecule has 0 aliphatic carbocycles. The van der Waals surface area contributed by atoms with Gasteiger partial charge in [0.25, 0.3) is 0 Å². The van der Waals surface area contributed by atoms with Crippen molar-refractivity contribution in [3.63, 3.8) is 0 Å². The van der Waals surface area contributed by atoms with Crippen molar-refractivity contribution >= 4 is 5.91 Å². The standard InChI is InChI=1S/C18H23N3O3/c1-3-17-19-7-9-21(17)8-6-18(22)20-13(2)14-4-5-15-16(12-14)24-11-10-23-15/h4-5,7,9,12-13H,3,6,8,10-11H2,1-2H3,(H,20,22)/t13-/m0/s1. The van der Waals surface area contributed by atoms with Crippen LogP contribution in [0.1, 0.15) is 37.7 Å². The van der Waals surface area contributed by atoms with E-state index < -0.39 is 0 Å². The maximum Gasteiger partial charge on any atom is 0.222 e. The molecule has 3 rings (SSSR count). The second-order valence-corrected chi connectivity index (χ2v) is 5.83. The normalized spacial score (nSPS) is 14.2. The highest BCUT2D eigenvalue weighted by Gasteiger charge is 2.16. The number of carbonyl (C=O) groups is 1. The monoisotopic (exact) mass is 329 g/mol. The first-order valence-electron chi connectivity index (χ1n) is 8.36. The average molecular weight is 329 g/mol.